The van der Waals surface area contributed by atoms with Crippen molar-refractivity contribution in [2.24, 2.45) is 5.73 Å². The van der Waals surface area contributed by atoms with Gasteiger partial charge in [-0.1, -0.05) is 5.16 Å². The first-order valence-corrected chi connectivity index (χ1v) is 7.17. The van der Waals surface area contributed by atoms with Gasteiger partial charge in [0.2, 0.25) is 5.89 Å². The molecule has 2 N–H and O–H groups in total. The number of rotatable bonds is 6. The highest BCUT2D eigenvalue weighted by atomic mass is 32.2. The van der Waals surface area contributed by atoms with E-state index in [2.05, 4.69) is 10.1 Å². The van der Waals surface area contributed by atoms with Crippen LogP contribution in [0.15, 0.2) is 4.52 Å². The number of hydrogen-bond donors (Lipinski definition) is 1. The largest absolute Gasteiger partial charge is 0.380 e. The van der Waals surface area contributed by atoms with E-state index in [1.807, 2.05) is 6.92 Å². The molecule has 0 saturated carbocycles. The number of aromatic nitrogens is 2. The van der Waals surface area contributed by atoms with Gasteiger partial charge in [0.05, 0.1) is 12.6 Å². The van der Waals surface area contributed by atoms with Crippen molar-refractivity contribution in [3.63, 3.8) is 0 Å². The zero-order valence-electron chi connectivity index (χ0n) is 10.1. The Bertz CT molecular complexity index is 457. The van der Waals surface area contributed by atoms with Crippen LogP contribution in [0.3, 0.4) is 0 Å². The zero-order valence-corrected chi connectivity index (χ0v) is 10.9. The smallest absolute Gasteiger partial charge is 0.244 e. The summed E-state index contributed by atoms with van der Waals surface area (Å²) in [4.78, 5) is 3.97. The average molecular weight is 263 g/mol. The molecular formula is C9H17N3O4S. The third-order valence-electron chi connectivity index (χ3n) is 2.28. The number of hydrogen-bond acceptors (Lipinski definition) is 7. The standard InChI is InChI=1S/C9H17N3O4S/c1-4-15-5-7(10)8-11-9(16-12-8)6(2)17(3,13)14/h6-7H,4-5,10H2,1-3H3. The minimum absolute atomic E-state index is 0.0504. The first kappa shape index (κ1) is 14.1. The second-order valence-corrected chi connectivity index (χ2v) is 6.09. The maximum Gasteiger partial charge on any atom is 0.244 e. The van der Waals surface area contributed by atoms with Crippen LogP contribution >= 0.6 is 0 Å². The lowest BCUT2D eigenvalue weighted by Crippen LogP contribution is -2.18. The molecule has 0 bridgehead atoms. The molecule has 0 spiro atoms. The van der Waals surface area contributed by atoms with Crippen molar-refractivity contribution in [3.8, 4) is 0 Å². The molecule has 8 heteroatoms. The van der Waals surface area contributed by atoms with Gasteiger partial charge in [-0.05, 0) is 13.8 Å². The second kappa shape index (κ2) is 5.56. The fourth-order valence-corrected chi connectivity index (χ4v) is 1.53. The lowest BCUT2D eigenvalue weighted by atomic mass is 10.3. The predicted octanol–water partition coefficient (Wildman–Crippen LogP) is 0.212. The summed E-state index contributed by atoms with van der Waals surface area (Å²) in [6, 6.07) is -0.515. The highest BCUT2D eigenvalue weighted by Gasteiger charge is 2.25. The molecule has 1 heterocycles. The SMILES string of the molecule is CCOCC(N)c1noc(C(C)S(C)(=O)=O)n1. The van der Waals surface area contributed by atoms with Gasteiger partial charge in [0.25, 0.3) is 0 Å². The second-order valence-electron chi connectivity index (χ2n) is 3.73. The van der Waals surface area contributed by atoms with Gasteiger partial charge in [-0.15, -0.1) is 0 Å². The van der Waals surface area contributed by atoms with Crippen molar-refractivity contribution in [1.29, 1.82) is 0 Å². The monoisotopic (exact) mass is 263 g/mol. The van der Waals surface area contributed by atoms with E-state index in [1.165, 1.54) is 6.92 Å². The van der Waals surface area contributed by atoms with E-state index in [-0.39, 0.29) is 18.3 Å². The first-order valence-electron chi connectivity index (χ1n) is 5.22. The van der Waals surface area contributed by atoms with Gasteiger partial charge < -0.3 is 15.0 Å². The summed E-state index contributed by atoms with van der Waals surface area (Å²) < 4.78 is 32.6. The molecule has 0 aromatic carbocycles. The molecule has 17 heavy (non-hydrogen) atoms. The normalized spacial score (nSPS) is 15.8. The van der Waals surface area contributed by atoms with Gasteiger partial charge in [-0.2, -0.15) is 4.98 Å². The van der Waals surface area contributed by atoms with Gasteiger partial charge in [0.1, 0.15) is 5.25 Å². The van der Waals surface area contributed by atoms with Gasteiger partial charge in [-0.3, -0.25) is 0 Å². The van der Waals surface area contributed by atoms with Crippen LogP contribution in [0.25, 0.3) is 0 Å². The fourth-order valence-electron chi connectivity index (χ4n) is 1.07. The Kier molecular flexibility index (Phi) is 4.61. The van der Waals surface area contributed by atoms with Crippen LogP contribution in [0.4, 0.5) is 0 Å². The van der Waals surface area contributed by atoms with Crippen molar-refractivity contribution in [1.82, 2.24) is 10.1 Å². The van der Waals surface area contributed by atoms with Crippen molar-refractivity contribution in [3.05, 3.63) is 11.7 Å². The number of sulfone groups is 1. The summed E-state index contributed by atoms with van der Waals surface area (Å²) in [6.07, 6.45) is 1.11. The molecule has 0 aliphatic rings. The van der Waals surface area contributed by atoms with Gasteiger partial charge in [0, 0.05) is 12.9 Å². The van der Waals surface area contributed by atoms with E-state index in [4.69, 9.17) is 15.0 Å². The molecule has 1 rings (SSSR count). The molecule has 0 saturated heterocycles. The maximum absolute atomic E-state index is 11.3. The summed E-state index contributed by atoms with van der Waals surface area (Å²) in [6.45, 7) is 4.14. The topological polar surface area (TPSA) is 108 Å². The molecule has 0 radical (unpaired) electrons. The molecule has 0 aliphatic carbocycles. The Morgan fingerprint density at radius 1 is 1.53 bits per heavy atom. The van der Waals surface area contributed by atoms with Crippen LogP contribution in [0.1, 0.15) is 36.9 Å². The quantitative estimate of drug-likeness (QED) is 0.781. The van der Waals surface area contributed by atoms with E-state index in [9.17, 15) is 8.42 Å². The van der Waals surface area contributed by atoms with Crippen LogP contribution < -0.4 is 5.73 Å². The Morgan fingerprint density at radius 3 is 2.71 bits per heavy atom. The van der Waals surface area contributed by atoms with Crippen LogP contribution in [0.5, 0.6) is 0 Å². The highest BCUT2D eigenvalue weighted by Crippen LogP contribution is 2.20. The van der Waals surface area contributed by atoms with E-state index >= 15 is 0 Å². The minimum Gasteiger partial charge on any atom is -0.380 e. The van der Waals surface area contributed by atoms with Crippen LogP contribution in [0, 0.1) is 0 Å². The molecule has 7 nitrogen and oxygen atoms in total. The summed E-state index contributed by atoms with van der Waals surface area (Å²) in [5.41, 5.74) is 5.74. The van der Waals surface area contributed by atoms with Crippen LogP contribution in [-0.2, 0) is 14.6 Å². The Morgan fingerprint density at radius 2 is 2.18 bits per heavy atom. The van der Waals surface area contributed by atoms with Crippen molar-refractivity contribution >= 4 is 9.84 Å². The highest BCUT2D eigenvalue weighted by molar-refractivity contribution is 7.90. The minimum atomic E-state index is -3.25. The Labute approximate surface area is 100 Å². The van der Waals surface area contributed by atoms with Gasteiger partial charge in [0.15, 0.2) is 15.7 Å². The molecule has 98 valence electrons. The number of nitrogens with two attached hydrogens (primary N) is 1. The lowest BCUT2D eigenvalue weighted by Gasteiger charge is -2.05. The van der Waals surface area contributed by atoms with Crippen LogP contribution in [-0.4, -0.2) is 38.0 Å². The molecule has 2 unspecified atom stereocenters. The average Bonchev–Trinajstić information content (AvgIpc) is 2.72. The lowest BCUT2D eigenvalue weighted by molar-refractivity contribution is 0.130. The van der Waals surface area contributed by atoms with E-state index in [0.717, 1.165) is 6.26 Å². The molecule has 0 amide bonds. The van der Waals surface area contributed by atoms with Crippen molar-refractivity contribution in [2.75, 3.05) is 19.5 Å². The third-order valence-corrected chi connectivity index (χ3v) is 3.77. The van der Waals surface area contributed by atoms with Gasteiger partial charge in [-0.25, -0.2) is 8.42 Å². The zero-order chi connectivity index (χ0) is 13.1. The molecule has 0 aliphatic heterocycles. The Hall–Kier alpha value is -0.990. The number of ether oxygens (including phenoxy) is 1. The van der Waals surface area contributed by atoms with Crippen molar-refractivity contribution < 1.29 is 17.7 Å². The van der Waals surface area contributed by atoms with Crippen LogP contribution in [0.2, 0.25) is 0 Å². The first-order chi connectivity index (χ1) is 7.86. The third kappa shape index (κ3) is 3.76. The van der Waals surface area contributed by atoms with Gasteiger partial charge >= 0.3 is 0 Å². The van der Waals surface area contributed by atoms with E-state index in [0.29, 0.717) is 6.61 Å². The maximum atomic E-state index is 11.3. The van der Waals surface area contributed by atoms with E-state index < -0.39 is 21.1 Å². The summed E-state index contributed by atoms with van der Waals surface area (Å²) in [5, 5.41) is 2.82. The van der Waals surface area contributed by atoms with Crippen molar-refractivity contribution in [2.45, 2.75) is 25.1 Å². The molecule has 2 atom stereocenters. The molecular weight excluding hydrogens is 246 g/mol. The summed E-state index contributed by atoms with van der Waals surface area (Å²) in [7, 11) is -3.25. The molecule has 1 aromatic rings. The summed E-state index contributed by atoms with van der Waals surface area (Å²) in [5.74, 6) is 0.304. The predicted molar refractivity (Wildman–Crippen MR) is 61.0 cm³/mol. The molecule has 0 fully saturated rings. The summed E-state index contributed by atoms with van der Waals surface area (Å²) >= 11 is 0. The fraction of sp³-hybridized carbons (Fsp3) is 0.778. The Balaban J connectivity index is 2.78. The number of nitrogens with zero attached hydrogens (tertiary/aromatic N) is 2. The molecule has 1 aromatic heterocycles. The van der Waals surface area contributed by atoms with E-state index in [1.54, 1.807) is 0 Å².